The molecule has 1 saturated carbocycles. The van der Waals surface area contributed by atoms with Gasteiger partial charge in [0.25, 0.3) is 0 Å². The lowest BCUT2D eigenvalue weighted by Crippen LogP contribution is -2.25. The maximum Gasteiger partial charge on any atom is 0.0742 e. The van der Waals surface area contributed by atoms with Gasteiger partial charge in [-0.1, -0.05) is 44.8 Å². The first-order valence-electron chi connectivity index (χ1n) is 5.45. The van der Waals surface area contributed by atoms with Gasteiger partial charge in [0.2, 0.25) is 0 Å². The quantitative estimate of drug-likeness (QED) is 0.661. The molecule has 2 radical (unpaired) electrons. The SMILES string of the molecule is [B]C1(C)CCCC(C(C)CCO)C1. The standard InChI is InChI=1S/C11H21BO/c1-9(5-7-13)10-4-3-6-11(2,12)8-10/h9-10,13H,3-8H2,1-2H3. The molecule has 74 valence electrons. The summed E-state index contributed by atoms with van der Waals surface area (Å²) < 4.78 is 0. The van der Waals surface area contributed by atoms with E-state index in [0.717, 1.165) is 25.2 Å². The lowest BCUT2D eigenvalue weighted by molar-refractivity contribution is 0.181. The maximum absolute atomic E-state index is 8.87. The van der Waals surface area contributed by atoms with Gasteiger partial charge in [0.15, 0.2) is 0 Å². The lowest BCUT2D eigenvalue weighted by Gasteiger charge is -2.38. The van der Waals surface area contributed by atoms with Crippen LogP contribution in [0.3, 0.4) is 0 Å². The third-order valence-electron chi connectivity index (χ3n) is 3.44. The van der Waals surface area contributed by atoms with Gasteiger partial charge in [0.1, 0.15) is 0 Å². The molecular weight excluding hydrogens is 159 g/mol. The van der Waals surface area contributed by atoms with Crippen LogP contribution >= 0.6 is 0 Å². The Morgan fingerprint density at radius 1 is 1.62 bits per heavy atom. The lowest BCUT2D eigenvalue weighted by atomic mass is 9.57. The van der Waals surface area contributed by atoms with Crippen LogP contribution in [0.1, 0.15) is 46.0 Å². The zero-order chi connectivity index (χ0) is 9.90. The van der Waals surface area contributed by atoms with E-state index >= 15 is 0 Å². The fourth-order valence-corrected chi connectivity index (χ4v) is 2.50. The molecule has 13 heavy (non-hydrogen) atoms. The first-order valence-corrected chi connectivity index (χ1v) is 5.45. The van der Waals surface area contributed by atoms with Gasteiger partial charge in [0.05, 0.1) is 7.85 Å². The molecule has 1 aliphatic rings. The minimum Gasteiger partial charge on any atom is -0.396 e. The Kier molecular flexibility index (Phi) is 3.84. The van der Waals surface area contributed by atoms with Crippen LogP contribution in [-0.2, 0) is 0 Å². The van der Waals surface area contributed by atoms with Gasteiger partial charge in [-0.15, -0.1) is 0 Å². The average Bonchev–Trinajstić information content (AvgIpc) is 2.03. The summed E-state index contributed by atoms with van der Waals surface area (Å²) >= 11 is 0. The molecule has 0 spiro atoms. The maximum atomic E-state index is 8.87. The van der Waals surface area contributed by atoms with Crippen molar-refractivity contribution in [1.82, 2.24) is 0 Å². The van der Waals surface area contributed by atoms with Crippen molar-refractivity contribution in [1.29, 1.82) is 0 Å². The minimum atomic E-state index is 0.0482. The molecular formula is C11H21BO. The van der Waals surface area contributed by atoms with Gasteiger partial charge < -0.3 is 5.11 Å². The van der Waals surface area contributed by atoms with E-state index < -0.39 is 0 Å². The fraction of sp³-hybridized carbons (Fsp3) is 1.00. The number of rotatable bonds is 3. The molecule has 1 N–H and O–H groups in total. The molecule has 0 amide bonds. The van der Waals surface area contributed by atoms with E-state index in [-0.39, 0.29) is 5.31 Å². The molecule has 0 aromatic heterocycles. The highest BCUT2D eigenvalue weighted by molar-refractivity contribution is 6.14. The van der Waals surface area contributed by atoms with Crippen molar-refractivity contribution in [2.75, 3.05) is 6.61 Å². The van der Waals surface area contributed by atoms with Crippen molar-refractivity contribution in [2.45, 2.75) is 51.3 Å². The normalized spacial score (nSPS) is 37.3. The predicted octanol–water partition coefficient (Wildman–Crippen LogP) is 2.54. The molecule has 3 unspecified atom stereocenters. The van der Waals surface area contributed by atoms with E-state index in [4.69, 9.17) is 13.0 Å². The van der Waals surface area contributed by atoms with E-state index in [1.54, 1.807) is 0 Å². The fourth-order valence-electron chi connectivity index (χ4n) is 2.50. The molecule has 0 bridgehead atoms. The van der Waals surface area contributed by atoms with E-state index in [1.807, 2.05) is 0 Å². The summed E-state index contributed by atoms with van der Waals surface area (Å²) in [5, 5.41) is 8.91. The van der Waals surface area contributed by atoms with Crippen LogP contribution in [0.4, 0.5) is 0 Å². The average molecular weight is 180 g/mol. The summed E-state index contributed by atoms with van der Waals surface area (Å²) in [6, 6.07) is 0. The monoisotopic (exact) mass is 180 g/mol. The molecule has 0 heterocycles. The van der Waals surface area contributed by atoms with Crippen molar-refractivity contribution in [3.8, 4) is 0 Å². The molecule has 1 nitrogen and oxygen atoms in total. The Morgan fingerprint density at radius 2 is 2.31 bits per heavy atom. The van der Waals surface area contributed by atoms with Crippen LogP contribution in [0.2, 0.25) is 5.31 Å². The molecule has 3 atom stereocenters. The van der Waals surface area contributed by atoms with Crippen molar-refractivity contribution in [2.24, 2.45) is 11.8 Å². The number of aliphatic hydroxyl groups is 1. The third-order valence-corrected chi connectivity index (χ3v) is 3.44. The summed E-state index contributed by atoms with van der Waals surface area (Å²) in [6.45, 7) is 4.71. The zero-order valence-electron chi connectivity index (χ0n) is 8.92. The number of aliphatic hydroxyl groups excluding tert-OH is 1. The topological polar surface area (TPSA) is 20.2 Å². The van der Waals surface area contributed by atoms with Crippen LogP contribution in [0.5, 0.6) is 0 Å². The van der Waals surface area contributed by atoms with Crippen molar-refractivity contribution in [3.05, 3.63) is 0 Å². The molecule has 1 rings (SSSR count). The second-order valence-electron chi connectivity index (χ2n) is 5.00. The van der Waals surface area contributed by atoms with Crippen LogP contribution in [-0.4, -0.2) is 19.6 Å². The van der Waals surface area contributed by atoms with Crippen LogP contribution < -0.4 is 0 Å². The number of hydrogen-bond acceptors (Lipinski definition) is 1. The van der Waals surface area contributed by atoms with Crippen molar-refractivity contribution in [3.63, 3.8) is 0 Å². The van der Waals surface area contributed by atoms with Gasteiger partial charge in [-0.3, -0.25) is 0 Å². The van der Waals surface area contributed by atoms with Crippen LogP contribution in [0, 0.1) is 11.8 Å². The molecule has 2 heteroatoms. The first-order chi connectivity index (χ1) is 6.05. The highest BCUT2D eigenvalue weighted by atomic mass is 16.3. The smallest absolute Gasteiger partial charge is 0.0742 e. The van der Waals surface area contributed by atoms with Crippen molar-refractivity contribution >= 4 is 7.85 Å². The Morgan fingerprint density at radius 3 is 2.85 bits per heavy atom. The molecule has 0 aromatic rings. The third kappa shape index (κ3) is 3.34. The highest BCUT2D eigenvalue weighted by Crippen LogP contribution is 2.45. The summed E-state index contributed by atoms with van der Waals surface area (Å²) in [4.78, 5) is 0. The number of hydrogen-bond donors (Lipinski definition) is 1. The van der Waals surface area contributed by atoms with Crippen LogP contribution in [0.15, 0.2) is 0 Å². The summed E-state index contributed by atoms with van der Waals surface area (Å²) in [7, 11) is 6.14. The molecule has 0 aliphatic heterocycles. The van der Waals surface area contributed by atoms with E-state index in [2.05, 4.69) is 13.8 Å². The van der Waals surface area contributed by atoms with E-state index in [9.17, 15) is 0 Å². The largest absolute Gasteiger partial charge is 0.396 e. The van der Waals surface area contributed by atoms with E-state index in [0.29, 0.717) is 12.5 Å². The molecule has 0 saturated heterocycles. The Bertz CT molecular complexity index is 156. The van der Waals surface area contributed by atoms with Gasteiger partial charge >= 0.3 is 0 Å². The van der Waals surface area contributed by atoms with Gasteiger partial charge in [-0.25, -0.2) is 0 Å². The highest BCUT2D eigenvalue weighted by Gasteiger charge is 2.29. The predicted molar refractivity (Wildman–Crippen MR) is 56.9 cm³/mol. The van der Waals surface area contributed by atoms with Crippen molar-refractivity contribution < 1.29 is 5.11 Å². The molecule has 0 aromatic carbocycles. The minimum absolute atomic E-state index is 0.0482. The Labute approximate surface area is 83.3 Å². The molecule has 1 aliphatic carbocycles. The van der Waals surface area contributed by atoms with Gasteiger partial charge in [-0.2, -0.15) is 0 Å². The summed E-state index contributed by atoms with van der Waals surface area (Å²) in [5.74, 6) is 1.36. The van der Waals surface area contributed by atoms with Gasteiger partial charge in [-0.05, 0) is 18.3 Å². The van der Waals surface area contributed by atoms with E-state index in [1.165, 1.54) is 12.8 Å². The summed E-state index contributed by atoms with van der Waals surface area (Å²) in [5.41, 5.74) is 0. The Hall–Kier alpha value is 0.0249. The summed E-state index contributed by atoms with van der Waals surface area (Å²) in [6.07, 6.45) is 5.78. The zero-order valence-corrected chi connectivity index (χ0v) is 8.92. The van der Waals surface area contributed by atoms with Gasteiger partial charge in [0, 0.05) is 6.61 Å². The first kappa shape index (κ1) is 11.1. The second-order valence-corrected chi connectivity index (χ2v) is 5.00. The second kappa shape index (κ2) is 4.50. The Balaban J connectivity index is 2.42. The van der Waals surface area contributed by atoms with Crippen LogP contribution in [0.25, 0.3) is 0 Å². The molecule has 1 fully saturated rings.